The highest BCUT2D eigenvalue weighted by atomic mass is 19.1. The number of halogens is 1. The number of carboxylic acids is 1. The van der Waals surface area contributed by atoms with E-state index in [1.165, 1.54) is 12.1 Å². The van der Waals surface area contributed by atoms with E-state index >= 15 is 0 Å². The third-order valence-electron chi connectivity index (χ3n) is 5.96. The average molecular weight is 462 g/mol. The molecular formula is C24H32FN3O5. The Kier molecular flexibility index (Phi) is 7.86. The van der Waals surface area contributed by atoms with Crippen LogP contribution < -0.4 is 0 Å². The standard InChI is InChI=1S/C24H32FN3O5/c1-14(2)22-20(11-10-18(29)12-19(30)13-21(31)32)28(17-6-4-15(25)5-7-17)26-23(22)24(33)27(3)16-8-9-16/h4-7,14,16,18-19,29-30H,8-13H2,1-3H3,(H,31,32)/t18-,19-/m1/s1. The summed E-state index contributed by atoms with van der Waals surface area (Å²) in [6, 6.07) is 6.04. The number of carboxylic acid groups (broad SMARTS) is 1. The molecule has 2 aromatic rings. The second-order valence-corrected chi connectivity index (χ2v) is 9.08. The van der Waals surface area contributed by atoms with E-state index in [2.05, 4.69) is 5.10 Å². The van der Waals surface area contributed by atoms with Crippen LogP contribution in [0.15, 0.2) is 24.3 Å². The molecule has 0 saturated heterocycles. The van der Waals surface area contributed by atoms with Gasteiger partial charge in [0.15, 0.2) is 5.69 Å². The van der Waals surface area contributed by atoms with Gasteiger partial charge < -0.3 is 20.2 Å². The fraction of sp³-hybridized carbons (Fsp3) is 0.542. The Labute approximate surface area is 192 Å². The second-order valence-electron chi connectivity index (χ2n) is 9.08. The topological polar surface area (TPSA) is 116 Å². The van der Waals surface area contributed by atoms with E-state index in [0.717, 1.165) is 24.1 Å². The Morgan fingerprint density at radius 2 is 1.82 bits per heavy atom. The number of carbonyl (C=O) groups is 2. The van der Waals surface area contributed by atoms with Crippen molar-refractivity contribution in [1.82, 2.24) is 14.7 Å². The molecule has 33 heavy (non-hydrogen) atoms. The quantitative estimate of drug-likeness (QED) is 0.474. The van der Waals surface area contributed by atoms with Crippen molar-refractivity contribution in [3.8, 4) is 5.69 Å². The van der Waals surface area contributed by atoms with E-state index in [4.69, 9.17) is 5.11 Å². The van der Waals surface area contributed by atoms with Gasteiger partial charge in [0.1, 0.15) is 5.82 Å². The number of hydrogen-bond donors (Lipinski definition) is 3. The lowest BCUT2D eigenvalue weighted by molar-refractivity contribution is -0.139. The first kappa shape index (κ1) is 24.9. The van der Waals surface area contributed by atoms with Crippen LogP contribution in [0.4, 0.5) is 4.39 Å². The van der Waals surface area contributed by atoms with Gasteiger partial charge in [-0.25, -0.2) is 9.07 Å². The monoisotopic (exact) mass is 461 g/mol. The minimum absolute atomic E-state index is 0.0319. The maximum Gasteiger partial charge on any atom is 0.305 e. The molecule has 8 nitrogen and oxygen atoms in total. The Morgan fingerprint density at radius 3 is 2.36 bits per heavy atom. The van der Waals surface area contributed by atoms with Crippen LogP contribution in [0.25, 0.3) is 5.69 Å². The number of aliphatic hydroxyl groups is 2. The summed E-state index contributed by atoms with van der Waals surface area (Å²) in [5, 5.41) is 33.7. The molecule has 0 radical (unpaired) electrons. The molecule has 180 valence electrons. The van der Waals surface area contributed by atoms with E-state index < -0.39 is 24.6 Å². The van der Waals surface area contributed by atoms with Crippen LogP contribution in [0.3, 0.4) is 0 Å². The molecule has 9 heteroatoms. The number of aliphatic hydroxyl groups excluding tert-OH is 2. The van der Waals surface area contributed by atoms with Crippen LogP contribution >= 0.6 is 0 Å². The lowest BCUT2D eigenvalue weighted by Gasteiger charge is -2.18. The molecule has 0 spiro atoms. The van der Waals surface area contributed by atoms with Crippen LogP contribution in [0, 0.1) is 5.82 Å². The van der Waals surface area contributed by atoms with Crippen molar-refractivity contribution in [2.45, 2.75) is 76.5 Å². The van der Waals surface area contributed by atoms with Crippen molar-refractivity contribution in [3.63, 3.8) is 0 Å². The predicted octanol–water partition coefficient (Wildman–Crippen LogP) is 2.89. The largest absolute Gasteiger partial charge is 0.481 e. The number of carbonyl (C=O) groups excluding carboxylic acids is 1. The van der Waals surface area contributed by atoms with Gasteiger partial charge >= 0.3 is 5.97 Å². The number of hydrogen-bond acceptors (Lipinski definition) is 5. The van der Waals surface area contributed by atoms with E-state index in [9.17, 15) is 24.2 Å². The zero-order chi connectivity index (χ0) is 24.3. The fourth-order valence-corrected chi connectivity index (χ4v) is 4.08. The molecule has 3 N–H and O–H groups in total. The summed E-state index contributed by atoms with van der Waals surface area (Å²) in [6.45, 7) is 3.94. The van der Waals surface area contributed by atoms with Crippen LogP contribution in [-0.4, -0.2) is 67.2 Å². The first-order chi connectivity index (χ1) is 15.6. The molecule has 1 fully saturated rings. The number of benzene rings is 1. The lowest BCUT2D eigenvalue weighted by atomic mass is 9.95. The molecule has 3 rings (SSSR count). The molecule has 1 heterocycles. The summed E-state index contributed by atoms with van der Waals surface area (Å²) in [5.41, 5.74) is 2.45. The van der Waals surface area contributed by atoms with Gasteiger partial charge in [0, 0.05) is 24.3 Å². The Balaban J connectivity index is 1.94. The van der Waals surface area contributed by atoms with E-state index in [1.807, 2.05) is 13.8 Å². The van der Waals surface area contributed by atoms with Crippen LogP contribution in [0.2, 0.25) is 0 Å². The van der Waals surface area contributed by atoms with Crippen LogP contribution in [0.1, 0.15) is 73.6 Å². The summed E-state index contributed by atoms with van der Waals surface area (Å²) >= 11 is 0. The number of nitrogens with zero attached hydrogens (tertiary/aromatic N) is 3. The Morgan fingerprint density at radius 1 is 1.18 bits per heavy atom. The number of aliphatic carboxylic acids is 1. The van der Waals surface area contributed by atoms with E-state index in [1.54, 1.807) is 28.8 Å². The highest BCUT2D eigenvalue weighted by Crippen LogP contribution is 2.32. The number of rotatable bonds is 11. The first-order valence-electron chi connectivity index (χ1n) is 11.3. The normalized spacial score (nSPS) is 15.5. The van der Waals surface area contributed by atoms with E-state index in [0.29, 0.717) is 17.8 Å². The lowest BCUT2D eigenvalue weighted by Crippen LogP contribution is -2.30. The molecular weight excluding hydrogens is 429 g/mol. The van der Waals surface area contributed by atoms with Gasteiger partial charge in [-0.3, -0.25) is 9.59 Å². The average Bonchev–Trinajstić information content (AvgIpc) is 3.51. The van der Waals surface area contributed by atoms with Gasteiger partial charge in [0.2, 0.25) is 0 Å². The third-order valence-corrected chi connectivity index (χ3v) is 5.96. The summed E-state index contributed by atoms with van der Waals surface area (Å²) in [5.74, 6) is -1.71. The molecule has 0 unspecified atom stereocenters. The van der Waals surface area contributed by atoms with Crippen molar-refractivity contribution in [1.29, 1.82) is 0 Å². The SMILES string of the molecule is CC(C)c1c(C(=O)N(C)C2CC2)nn(-c2ccc(F)cc2)c1CC[C@@H](O)C[C@@H](O)CC(=O)O. The van der Waals surface area contributed by atoms with Gasteiger partial charge in [0.05, 0.1) is 24.3 Å². The Hall–Kier alpha value is -2.78. The molecule has 1 aromatic carbocycles. The maximum atomic E-state index is 13.5. The number of amides is 1. The van der Waals surface area contributed by atoms with Crippen LogP contribution in [-0.2, 0) is 11.2 Å². The van der Waals surface area contributed by atoms with Crippen molar-refractivity contribution in [3.05, 3.63) is 47.0 Å². The highest BCUT2D eigenvalue weighted by molar-refractivity contribution is 5.94. The highest BCUT2D eigenvalue weighted by Gasteiger charge is 2.34. The van der Waals surface area contributed by atoms with Crippen molar-refractivity contribution < 1.29 is 29.3 Å². The Bertz CT molecular complexity index is 985. The molecule has 1 amide bonds. The van der Waals surface area contributed by atoms with Gasteiger partial charge in [0.25, 0.3) is 5.91 Å². The maximum absolute atomic E-state index is 13.5. The summed E-state index contributed by atoms with van der Waals surface area (Å²) in [4.78, 5) is 25.7. The first-order valence-corrected chi connectivity index (χ1v) is 11.3. The second kappa shape index (κ2) is 10.4. The molecule has 1 aliphatic carbocycles. The van der Waals surface area contributed by atoms with Gasteiger partial charge in [-0.15, -0.1) is 0 Å². The zero-order valence-electron chi connectivity index (χ0n) is 19.2. The van der Waals surface area contributed by atoms with Gasteiger partial charge in [-0.1, -0.05) is 13.8 Å². The molecule has 0 aliphatic heterocycles. The summed E-state index contributed by atoms with van der Waals surface area (Å²) < 4.78 is 15.2. The smallest absolute Gasteiger partial charge is 0.305 e. The van der Waals surface area contributed by atoms with Gasteiger partial charge in [-0.2, -0.15) is 5.10 Å². The van der Waals surface area contributed by atoms with Crippen molar-refractivity contribution >= 4 is 11.9 Å². The molecule has 1 aromatic heterocycles. The summed E-state index contributed by atoms with van der Waals surface area (Å²) in [6.07, 6.45) is -0.0457. The molecule has 0 bridgehead atoms. The van der Waals surface area contributed by atoms with E-state index in [-0.39, 0.29) is 36.5 Å². The molecule has 1 aliphatic rings. The fourth-order valence-electron chi connectivity index (χ4n) is 4.08. The van der Waals surface area contributed by atoms with Crippen LogP contribution in [0.5, 0.6) is 0 Å². The predicted molar refractivity (Wildman–Crippen MR) is 120 cm³/mol. The number of aromatic nitrogens is 2. The zero-order valence-corrected chi connectivity index (χ0v) is 19.2. The van der Waals surface area contributed by atoms with Gasteiger partial charge in [-0.05, 0) is 62.3 Å². The minimum Gasteiger partial charge on any atom is -0.481 e. The molecule has 1 saturated carbocycles. The minimum atomic E-state index is -1.14. The molecule has 2 atom stereocenters. The summed E-state index contributed by atoms with van der Waals surface area (Å²) in [7, 11) is 1.77. The van der Waals surface area contributed by atoms with Crippen molar-refractivity contribution in [2.24, 2.45) is 0 Å². The third kappa shape index (κ3) is 6.17. The van der Waals surface area contributed by atoms with Crippen molar-refractivity contribution in [2.75, 3.05) is 7.05 Å².